The highest BCUT2D eigenvalue weighted by atomic mass is 16.6. The van der Waals surface area contributed by atoms with Crippen LogP contribution in [0.15, 0.2) is 24.3 Å². The number of rotatable bonds is 3. The van der Waals surface area contributed by atoms with E-state index in [1.807, 2.05) is 45.9 Å². The molecule has 4 nitrogen and oxygen atoms in total. The van der Waals surface area contributed by atoms with Gasteiger partial charge in [0.2, 0.25) is 0 Å². The molecule has 0 aliphatic rings. The van der Waals surface area contributed by atoms with Crippen LogP contribution in [0.2, 0.25) is 0 Å². The summed E-state index contributed by atoms with van der Waals surface area (Å²) in [6, 6.07) is 8.06. The standard InChI is InChI=1S/C17H22N2O2/c1-6-12-9-7-8-10-13(12)15-18-11(2)14(19-15)16(20)21-17(3,4)5/h7-10H,6H2,1-5H3,(H,18,19). The second-order valence-corrected chi connectivity index (χ2v) is 6.07. The van der Waals surface area contributed by atoms with E-state index in [-0.39, 0.29) is 0 Å². The van der Waals surface area contributed by atoms with Crippen LogP contribution in [-0.4, -0.2) is 21.5 Å². The lowest BCUT2D eigenvalue weighted by Crippen LogP contribution is -2.24. The van der Waals surface area contributed by atoms with Gasteiger partial charge in [-0.2, -0.15) is 0 Å². The Hall–Kier alpha value is -2.10. The number of hydrogen-bond donors (Lipinski definition) is 1. The van der Waals surface area contributed by atoms with E-state index in [2.05, 4.69) is 23.0 Å². The first-order valence-corrected chi connectivity index (χ1v) is 7.20. The Balaban J connectivity index is 2.37. The smallest absolute Gasteiger partial charge is 0.359 e. The lowest BCUT2D eigenvalue weighted by Gasteiger charge is -2.18. The minimum Gasteiger partial charge on any atom is -0.455 e. The number of hydrogen-bond acceptors (Lipinski definition) is 3. The lowest BCUT2D eigenvalue weighted by atomic mass is 10.1. The third-order valence-corrected chi connectivity index (χ3v) is 3.13. The van der Waals surface area contributed by atoms with E-state index in [4.69, 9.17) is 4.74 Å². The molecule has 21 heavy (non-hydrogen) atoms. The van der Waals surface area contributed by atoms with E-state index in [1.54, 1.807) is 0 Å². The van der Waals surface area contributed by atoms with Gasteiger partial charge in [-0.1, -0.05) is 31.2 Å². The van der Waals surface area contributed by atoms with E-state index in [0.717, 1.165) is 17.7 Å². The maximum atomic E-state index is 12.2. The average molecular weight is 286 g/mol. The van der Waals surface area contributed by atoms with Gasteiger partial charge in [0.15, 0.2) is 5.69 Å². The highest BCUT2D eigenvalue weighted by Crippen LogP contribution is 2.23. The molecule has 0 radical (unpaired) electrons. The van der Waals surface area contributed by atoms with Crippen molar-refractivity contribution in [3.8, 4) is 11.4 Å². The molecular formula is C17H22N2O2. The quantitative estimate of drug-likeness (QED) is 0.870. The molecule has 0 spiro atoms. The number of aromatic amines is 1. The third-order valence-electron chi connectivity index (χ3n) is 3.13. The minimum absolute atomic E-state index is 0.353. The van der Waals surface area contributed by atoms with Crippen LogP contribution in [0.25, 0.3) is 11.4 Å². The number of nitrogens with one attached hydrogen (secondary N) is 1. The molecule has 0 fully saturated rings. The number of ether oxygens (including phenoxy) is 1. The first kappa shape index (κ1) is 15.3. The normalized spacial score (nSPS) is 11.5. The van der Waals surface area contributed by atoms with Gasteiger partial charge in [0.05, 0.1) is 0 Å². The molecule has 0 saturated carbocycles. The summed E-state index contributed by atoms with van der Waals surface area (Å²) in [5, 5.41) is 0. The van der Waals surface area contributed by atoms with Gasteiger partial charge in [-0.15, -0.1) is 0 Å². The summed E-state index contributed by atoms with van der Waals surface area (Å²) >= 11 is 0. The number of carbonyl (C=O) groups excluding carboxylic acids is 1. The van der Waals surface area contributed by atoms with Crippen LogP contribution >= 0.6 is 0 Å². The highest BCUT2D eigenvalue weighted by molar-refractivity contribution is 5.89. The molecule has 1 aromatic heterocycles. The van der Waals surface area contributed by atoms with Crippen molar-refractivity contribution in [1.82, 2.24) is 9.97 Å². The van der Waals surface area contributed by atoms with Gasteiger partial charge in [0, 0.05) is 11.3 Å². The van der Waals surface area contributed by atoms with Crippen LogP contribution in [-0.2, 0) is 11.2 Å². The van der Waals surface area contributed by atoms with Crippen molar-refractivity contribution < 1.29 is 9.53 Å². The van der Waals surface area contributed by atoms with Crippen molar-refractivity contribution in [2.75, 3.05) is 0 Å². The third kappa shape index (κ3) is 3.51. The molecule has 4 heteroatoms. The van der Waals surface area contributed by atoms with Gasteiger partial charge in [-0.3, -0.25) is 0 Å². The summed E-state index contributed by atoms with van der Waals surface area (Å²) in [6.07, 6.45) is 0.914. The van der Waals surface area contributed by atoms with E-state index in [0.29, 0.717) is 11.5 Å². The predicted molar refractivity (Wildman–Crippen MR) is 83.3 cm³/mol. The summed E-state index contributed by atoms with van der Waals surface area (Å²) < 4.78 is 5.39. The molecule has 0 amide bonds. The van der Waals surface area contributed by atoms with Crippen molar-refractivity contribution in [3.63, 3.8) is 0 Å². The van der Waals surface area contributed by atoms with Crippen LogP contribution in [0.3, 0.4) is 0 Å². The first-order chi connectivity index (χ1) is 9.81. The molecule has 0 unspecified atom stereocenters. The summed E-state index contributed by atoms with van der Waals surface area (Å²) in [6.45, 7) is 9.48. The number of aromatic nitrogens is 2. The fourth-order valence-electron chi connectivity index (χ4n) is 2.17. The monoisotopic (exact) mass is 286 g/mol. The molecule has 2 aromatic rings. The zero-order valence-corrected chi connectivity index (χ0v) is 13.3. The Kier molecular flexibility index (Phi) is 4.16. The van der Waals surface area contributed by atoms with Gasteiger partial charge in [-0.05, 0) is 39.7 Å². The summed E-state index contributed by atoms with van der Waals surface area (Å²) in [7, 11) is 0. The van der Waals surface area contributed by atoms with E-state index < -0.39 is 11.6 Å². The Morgan fingerprint density at radius 1 is 1.29 bits per heavy atom. The second-order valence-electron chi connectivity index (χ2n) is 6.07. The average Bonchev–Trinajstić information content (AvgIpc) is 2.79. The van der Waals surface area contributed by atoms with Crippen molar-refractivity contribution in [2.24, 2.45) is 0 Å². The zero-order valence-electron chi connectivity index (χ0n) is 13.3. The maximum absolute atomic E-state index is 12.2. The fourth-order valence-corrected chi connectivity index (χ4v) is 2.17. The van der Waals surface area contributed by atoms with Gasteiger partial charge in [0.1, 0.15) is 11.4 Å². The van der Waals surface area contributed by atoms with Gasteiger partial charge >= 0.3 is 5.97 Å². The van der Waals surface area contributed by atoms with Gasteiger partial charge in [-0.25, -0.2) is 9.78 Å². The summed E-state index contributed by atoms with van der Waals surface area (Å²) in [4.78, 5) is 19.8. The van der Waals surface area contributed by atoms with Crippen LogP contribution in [0.5, 0.6) is 0 Å². The number of aryl methyl sites for hydroxylation is 2. The largest absolute Gasteiger partial charge is 0.455 e. The van der Waals surface area contributed by atoms with E-state index >= 15 is 0 Å². The summed E-state index contributed by atoms with van der Waals surface area (Å²) in [5.74, 6) is 0.322. The molecule has 0 atom stereocenters. The van der Waals surface area contributed by atoms with Crippen molar-refractivity contribution in [1.29, 1.82) is 0 Å². The number of H-pyrrole nitrogens is 1. The number of esters is 1. The molecule has 0 aliphatic heterocycles. The fraction of sp³-hybridized carbons (Fsp3) is 0.412. The second kappa shape index (κ2) is 5.72. The van der Waals surface area contributed by atoms with Gasteiger partial charge in [0.25, 0.3) is 0 Å². The van der Waals surface area contributed by atoms with E-state index in [1.165, 1.54) is 5.56 Å². The number of imidazole rings is 1. The molecule has 0 aliphatic carbocycles. The van der Waals surface area contributed by atoms with Crippen molar-refractivity contribution >= 4 is 5.97 Å². The molecule has 0 saturated heterocycles. The minimum atomic E-state index is -0.524. The number of nitrogens with zero attached hydrogens (tertiary/aromatic N) is 1. The van der Waals surface area contributed by atoms with E-state index in [9.17, 15) is 4.79 Å². The molecule has 1 N–H and O–H groups in total. The van der Waals surface area contributed by atoms with Crippen molar-refractivity contribution in [3.05, 3.63) is 41.2 Å². The molecule has 112 valence electrons. The van der Waals surface area contributed by atoms with Crippen LogP contribution in [0, 0.1) is 6.92 Å². The Labute approximate surface area is 125 Å². The van der Waals surface area contributed by atoms with Gasteiger partial charge < -0.3 is 9.72 Å². The molecule has 0 bridgehead atoms. The Bertz CT molecular complexity index is 651. The van der Waals surface area contributed by atoms with Crippen LogP contribution in [0.1, 0.15) is 49.4 Å². The predicted octanol–water partition coefficient (Wildman–Crippen LogP) is 3.90. The zero-order chi connectivity index (χ0) is 15.6. The summed E-state index contributed by atoms with van der Waals surface area (Å²) in [5.41, 5.74) is 2.78. The lowest BCUT2D eigenvalue weighted by molar-refractivity contribution is 0.00627. The number of benzene rings is 1. The Morgan fingerprint density at radius 3 is 2.57 bits per heavy atom. The Morgan fingerprint density at radius 2 is 1.95 bits per heavy atom. The molecule has 1 heterocycles. The number of carbonyl (C=O) groups is 1. The van der Waals surface area contributed by atoms with Crippen LogP contribution < -0.4 is 0 Å². The first-order valence-electron chi connectivity index (χ1n) is 7.20. The molecular weight excluding hydrogens is 264 g/mol. The molecule has 2 rings (SSSR count). The topological polar surface area (TPSA) is 55.0 Å². The van der Waals surface area contributed by atoms with Crippen molar-refractivity contribution in [2.45, 2.75) is 46.6 Å². The highest BCUT2D eigenvalue weighted by Gasteiger charge is 2.23. The SMILES string of the molecule is CCc1ccccc1-c1nc(C(=O)OC(C)(C)C)c(C)[nH]1. The maximum Gasteiger partial charge on any atom is 0.359 e. The molecule has 1 aromatic carbocycles. The van der Waals surface area contributed by atoms with Crippen LogP contribution in [0.4, 0.5) is 0 Å².